The van der Waals surface area contributed by atoms with Gasteiger partial charge in [-0.05, 0) is 12.1 Å². The van der Waals surface area contributed by atoms with Crippen LogP contribution in [0.3, 0.4) is 0 Å². The standard InChI is InChI=1S/C12H12N2O5/c13-11(15)10-6-14(12(16)19-10)7-1-2-8-9(5-7)18-4-3-17-8/h1-2,5,10H,3-4,6H2,(H2,13,15)/t10-/m1/s1. The van der Waals surface area contributed by atoms with Gasteiger partial charge < -0.3 is 19.9 Å². The first kappa shape index (κ1) is 11.6. The highest BCUT2D eigenvalue weighted by molar-refractivity contribution is 5.95. The highest BCUT2D eigenvalue weighted by atomic mass is 16.6. The summed E-state index contributed by atoms with van der Waals surface area (Å²) in [7, 11) is 0. The van der Waals surface area contributed by atoms with Gasteiger partial charge >= 0.3 is 6.09 Å². The molecule has 2 aliphatic rings. The molecule has 0 bridgehead atoms. The molecule has 1 aromatic carbocycles. The van der Waals surface area contributed by atoms with Gasteiger partial charge in [0.05, 0.1) is 12.2 Å². The van der Waals surface area contributed by atoms with E-state index in [2.05, 4.69) is 0 Å². The summed E-state index contributed by atoms with van der Waals surface area (Å²) in [4.78, 5) is 24.1. The molecule has 0 aromatic heterocycles. The highest BCUT2D eigenvalue weighted by Crippen LogP contribution is 2.35. The number of carbonyl (C=O) groups excluding carboxylic acids is 2. The van der Waals surface area contributed by atoms with Gasteiger partial charge in [0.15, 0.2) is 17.6 Å². The zero-order valence-corrected chi connectivity index (χ0v) is 10.00. The third-order valence-corrected chi connectivity index (χ3v) is 2.97. The monoisotopic (exact) mass is 264 g/mol. The van der Waals surface area contributed by atoms with Gasteiger partial charge in [0.25, 0.3) is 5.91 Å². The topological polar surface area (TPSA) is 91.1 Å². The van der Waals surface area contributed by atoms with E-state index in [9.17, 15) is 9.59 Å². The molecule has 100 valence electrons. The van der Waals surface area contributed by atoms with Crippen molar-refractivity contribution < 1.29 is 23.8 Å². The Bertz CT molecular complexity index is 545. The maximum atomic E-state index is 11.7. The number of carbonyl (C=O) groups is 2. The van der Waals surface area contributed by atoms with E-state index in [1.807, 2.05) is 0 Å². The summed E-state index contributed by atoms with van der Waals surface area (Å²) >= 11 is 0. The molecule has 1 fully saturated rings. The second kappa shape index (κ2) is 4.34. The quantitative estimate of drug-likeness (QED) is 0.827. The Balaban J connectivity index is 1.86. The molecule has 1 saturated heterocycles. The fourth-order valence-corrected chi connectivity index (χ4v) is 2.02. The summed E-state index contributed by atoms with van der Waals surface area (Å²) < 4.78 is 15.7. The molecule has 0 spiro atoms. The first-order chi connectivity index (χ1) is 9.15. The van der Waals surface area contributed by atoms with E-state index in [0.29, 0.717) is 30.4 Å². The van der Waals surface area contributed by atoms with Crippen molar-refractivity contribution in [3.8, 4) is 11.5 Å². The summed E-state index contributed by atoms with van der Waals surface area (Å²) in [6.07, 6.45) is -1.51. The highest BCUT2D eigenvalue weighted by Gasteiger charge is 2.36. The number of amides is 2. The Morgan fingerprint density at radius 2 is 2.00 bits per heavy atom. The van der Waals surface area contributed by atoms with Crippen LogP contribution in [0.2, 0.25) is 0 Å². The number of nitrogens with zero attached hydrogens (tertiary/aromatic N) is 1. The number of fused-ring (bicyclic) bond motifs is 1. The Morgan fingerprint density at radius 1 is 1.26 bits per heavy atom. The molecule has 0 radical (unpaired) electrons. The van der Waals surface area contributed by atoms with Gasteiger partial charge in [-0.3, -0.25) is 9.69 Å². The number of benzene rings is 1. The van der Waals surface area contributed by atoms with Crippen LogP contribution in [0.5, 0.6) is 11.5 Å². The molecule has 7 heteroatoms. The Kier molecular flexibility index (Phi) is 2.66. The van der Waals surface area contributed by atoms with Gasteiger partial charge in [0, 0.05) is 6.07 Å². The van der Waals surface area contributed by atoms with Crippen LogP contribution in [0.25, 0.3) is 0 Å². The van der Waals surface area contributed by atoms with E-state index >= 15 is 0 Å². The lowest BCUT2D eigenvalue weighted by molar-refractivity contribution is -0.124. The van der Waals surface area contributed by atoms with E-state index in [0.717, 1.165) is 0 Å². The molecule has 1 atom stereocenters. The number of ether oxygens (including phenoxy) is 3. The molecular formula is C12H12N2O5. The van der Waals surface area contributed by atoms with Crippen molar-refractivity contribution in [3.63, 3.8) is 0 Å². The number of hydrogen-bond donors (Lipinski definition) is 1. The summed E-state index contributed by atoms with van der Waals surface area (Å²) in [5, 5.41) is 0. The molecule has 3 rings (SSSR count). The van der Waals surface area contributed by atoms with E-state index in [1.165, 1.54) is 4.90 Å². The van der Waals surface area contributed by atoms with Gasteiger partial charge in [0.2, 0.25) is 0 Å². The minimum atomic E-state index is -0.916. The van der Waals surface area contributed by atoms with Crippen LogP contribution in [0, 0.1) is 0 Å². The van der Waals surface area contributed by atoms with Crippen molar-refractivity contribution in [1.29, 1.82) is 0 Å². The molecule has 2 heterocycles. The molecule has 2 N–H and O–H groups in total. The summed E-state index contributed by atoms with van der Waals surface area (Å²) in [5.41, 5.74) is 5.71. The molecule has 2 amide bonds. The van der Waals surface area contributed by atoms with Gasteiger partial charge in [-0.15, -0.1) is 0 Å². The zero-order chi connectivity index (χ0) is 13.4. The summed E-state index contributed by atoms with van der Waals surface area (Å²) in [6, 6.07) is 5.10. The smallest absolute Gasteiger partial charge is 0.415 e. The maximum absolute atomic E-state index is 11.7. The molecule has 0 unspecified atom stereocenters. The molecule has 0 aliphatic carbocycles. The lowest BCUT2D eigenvalue weighted by Gasteiger charge is -2.20. The Hall–Kier alpha value is -2.44. The van der Waals surface area contributed by atoms with Crippen molar-refractivity contribution in [2.75, 3.05) is 24.7 Å². The van der Waals surface area contributed by atoms with E-state index in [-0.39, 0.29) is 6.54 Å². The average molecular weight is 264 g/mol. The average Bonchev–Trinajstić information content (AvgIpc) is 2.80. The van der Waals surface area contributed by atoms with Crippen molar-refractivity contribution >= 4 is 17.7 Å². The molecular weight excluding hydrogens is 252 g/mol. The van der Waals surface area contributed by atoms with Crippen LogP contribution in [0.1, 0.15) is 0 Å². The van der Waals surface area contributed by atoms with Crippen molar-refractivity contribution in [2.24, 2.45) is 5.73 Å². The van der Waals surface area contributed by atoms with E-state index in [1.54, 1.807) is 18.2 Å². The largest absolute Gasteiger partial charge is 0.486 e. The minimum absolute atomic E-state index is 0.105. The lowest BCUT2D eigenvalue weighted by Crippen LogP contribution is -2.32. The molecule has 1 aromatic rings. The van der Waals surface area contributed by atoms with Crippen LogP contribution >= 0.6 is 0 Å². The third-order valence-electron chi connectivity index (χ3n) is 2.97. The SMILES string of the molecule is NC(=O)[C@H]1CN(c2ccc3c(c2)OCCO3)C(=O)O1. The summed E-state index contributed by atoms with van der Waals surface area (Å²) in [5.74, 6) is 0.543. The van der Waals surface area contributed by atoms with Crippen LogP contribution < -0.4 is 20.1 Å². The number of nitrogens with two attached hydrogens (primary N) is 1. The predicted molar refractivity (Wildman–Crippen MR) is 64.2 cm³/mol. The van der Waals surface area contributed by atoms with Gasteiger partial charge in [-0.25, -0.2) is 4.79 Å². The van der Waals surface area contributed by atoms with Crippen LogP contribution in [0.15, 0.2) is 18.2 Å². The minimum Gasteiger partial charge on any atom is -0.486 e. The number of primary amides is 1. The summed E-state index contributed by atoms with van der Waals surface area (Å²) in [6.45, 7) is 1.07. The lowest BCUT2D eigenvalue weighted by atomic mass is 10.2. The van der Waals surface area contributed by atoms with Gasteiger partial charge in [-0.2, -0.15) is 0 Å². The number of hydrogen-bond acceptors (Lipinski definition) is 5. The first-order valence-corrected chi connectivity index (χ1v) is 5.82. The van der Waals surface area contributed by atoms with Crippen molar-refractivity contribution in [1.82, 2.24) is 0 Å². The zero-order valence-electron chi connectivity index (χ0n) is 10.00. The van der Waals surface area contributed by atoms with Crippen LogP contribution in [-0.4, -0.2) is 37.9 Å². The second-order valence-corrected chi connectivity index (χ2v) is 4.21. The van der Waals surface area contributed by atoms with Crippen LogP contribution in [-0.2, 0) is 9.53 Å². The fraction of sp³-hybridized carbons (Fsp3) is 0.333. The normalized spacial score (nSPS) is 21.2. The second-order valence-electron chi connectivity index (χ2n) is 4.21. The van der Waals surface area contributed by atoms with E-state index < -0.39 is 18.1 Å². The van der Waals surface area contributed by atoms with Crippen molar-refractivity contribution in [3.05, 3.63) is 18.2 Å². The van der Waals surface area contributed by atoms with E-state index in [4.69, 9.17) is 19.9 Å². The van der Waals surface area contributed by atoms with Gasteiger partial charge in [0.1, 0.15) is 13.2 Å². The van der Waals surface area contributed by atoms with Gasteiger partial charge in [-0.1, -0.05) is 0 Å². The maximum Gasteiger partial charge on any atom is 0.415 e. The number of anilines is 1. The fourth-order valence-electron chi connectivity index (χ4n) is 2.02. The molecule has 2 aliphatic heterocycles. The van der Waals surface area contributed by atoms with Crippen LogP contribution in [0.4, 0.5) is 10.5 Å². The first-order valence-electron chi connectivity index (χ1n) is 5.82. The third kappa shape index (κ3) is 2.03. The number of rotatable bonds is 2. The molecule has 7 nitrogen and oxygen atoms in total. The molecule has 0 saturated carbocycles. The number of cyclic esters (lactones) is 1. The molecule has 19 heavy (non-hydrogen) atoms. The van der Waals surface area contributed by atoms with Crippen molar-refractivity contribution in [2.45, 2.75) is 6.10 Å². The predicted octanol–water partition coefficient (Wildman–Crippen LogP) is 0.268. The Morgan fingerprint density at radius 3 is 2.68 bits per heavy atom. The Labute approximate surface area is 108 Å².